The molecule has 0 aliphatic carbocycles. The highest BCUT2D eigenvalue weighted by Gasteiger charge is 2.21. The Kier molecular flexibility index (Phi) is 5.76. The van der Waals surface area contributed by atoms with Crippen LogP contribution in [0.5, 0.6) is 0 Å². The summed E-state index contributed by atoms with van der Waals surface area (Å²) in [5, 5.41) is 4.93. The molecule has 5 heteroatoms. The Bertz CT molecular complexity index is 884. The quantitative estimate of drug-likeness (QED) is 0.511. The molecule has 3 aromatic rings. The lowest BCUT2D eigenvalue weighted by Gasteiger charge is -2.32. The fraction of sp³-hybridized carbons (Fsp3) is 0.381. The second-order valence-electron chi connectivity index (χ2n) is 6.92. The van der Waals surface area contributed by atoms with Crippen LogP contribution in [0.25, 0.3) is 10.2 Å². The summed E-state index contributed by atoms with van der Waals surface area (Å²) >= 11 is 4.19. The molecule has 4 rings (SSSR count). The molecule has 136 valence electrons. The molecule has 0 amide bonds. The van der Waals surface area contributed by atoms with Crippen LogP contribution in [0.2, 0.25) is 0 Å². The minimum absolute atomic E-state index is 0.604. The Morgan fingerprint density at radius 2 is 1.96 bits per heavy atom. The first kappa shape index (κ1) is 18.2. The number of anilines is 1. The van der Waals surface area contributed by atoms with Gasteiger partial charge >= 0.3 is 0 Å². The number of nitrogens with one attached hydrogen (secondary N) is 1. The number of halogens is 1. The number of fused-ring (bicyclic) bond motifs is 1. The van der Waals surface area contributed by atoms with Crippen molar-refractivity contribution in [1.29, 1.82) is 0 Å². The fourth-order valence-corrected chi connectivity index (χ4v) is 5.28. The summed E-state index contributed by atoms with van der Waals surface area (Å²) in [6.45, 7) is 5.36. The lowest BCUT2D eigenvalue weighted by atomic mass is 10.0. The average molecular weight is 477 g/mol. The first-order valence-electron chi connectivity index (χ1n) is 9.33. The van der Waals surface area contributed by atoms with E-state index in [1.165, 1.54) is 37.4 Å². The molecule has 1 fully saturated rings. The molecule has 2 heterocycles. The minimum Gasteiger partial charge on any atom is -0.348 e. The van der Waals surface area contributed by atoms with Gasteiger partial charge in [0.2, 0.25) is 0 Å². The predicted molar refractivity (Wildman–Crippen MR) is 120 cm³/mol. The highest BCUT2D eigenvalue weighted by molar-refractivity contribution is 14.1. The third kappa shape index (κ3) is 4.21. The van der Waals surface area contributed by atoms with E-state index in [2.05, 4.69) is 82.2 Å². The molecule has 26 heavy (non-hydrogen) atoms. The molecule has 1 N–H and O–H groups in total. The van der Waals surface area contributed by atoms with Crippen molar-refractivity contribution in [3.63, 3.8) is 0 Å². The Labute approximate surface area is 173 Å². The summed E-state index contributed by atoms with van der Waals surface area (Å²) in [7, 11) is 0. The lowest BCUT2D eigenvalue weighted by molar-refractivity contribution is 0.414. The van der Waals surface area contributed by atoms with E-state index in [-0.39, 0.29) is 0 Å². The van der Waals surface area contributed by atoms with Crippen molar-refractivity contribution in [3.8, 4) is 0 Å². The van der Waals surface area contributed by atoms with Crippen LogP contribution in [0.4, 0.5) is 5.13 Å². The van der Waals surface area contributed by atoms with Gasteiger partial charge in [-0.2, -0.15) is 0 Å². The normalized spacial score (nSPS) is 15.7. The van der Waals surface area contributed by atoms with E-state index in [1.807, 2.05) is 11.3 Å². The standard InChI is InChI=1S/C21H24IN3S/c1-2-15-4-3-5-16(12-15)14-23-18-8-10-25(11-9-18)21-24-19-7-6-17(22)13-20(19)26-21/h3-7,12-13,18,23H,2,8-11,14H2,1H3. The van der Waals surface area contributed by atoms with Crippen molar-refractivity contribution in [1.82, 2.24) is 10.3 Å². The van der Waals surface area contributed by atoms with E-state index >= 15 is 0 Å². The Morgan fingerprint density at radius 3 is 2.77 bits per heavy atom. The molecular formula is C21H24IN3S. The van der Waals surface area contributed by atoms with Crippen molar-refractivity contribution in [2.45, 2.75) is 38.8 Å². The molecule has 0 saturated carbocycles. The number of thiazole rings is 1. The van der Waals surface area contributed by atoms with Crippen LogP contribution >= 0.6 is 33.9 Å². The summed E-state index contributed by atoms with van der Waals surface area (Å²) < 4.78 is 2.57. The van der Waals surface area contributed by atoms with E-state index in [0.29, 0.717) is 6.04 Å². The topological polar surface area (TPSA) is 28.2 Å². The van der Waals surface area contributed by atoms with Crippen molar-refractivity contribution >= 4 is 49.3 Å². The van der Waals surface area contributed by atoms with Crippen LogP contribution < -0.4 is 10.2 Å². The smallest absolute Gasteiger partial charge is 0.186 e. The molecule has 0 spiro atoms. The van der Waals surface area contributed by atoms with Crippen molar-refractivity contribution in [2.75, 3.05) is 18.0 Å². The van der Waals surface area contributed by atoms with Gasteiger partial charge in [-0.3, -0.25) is 0 Å². The molecule has 3 nitrogen and oxygen atoms in total. The van der Waals surface area contributed by atoms with Gasteiger partial charge in [0.25, 0.3) is 0 Å². The summed E-state index contributed by atoms with van der Waals surface area (Å²) in [6.07, 6.45) is 3.47. The SMILES string of the molecule is CCc1cccc(CNC2CCN(c3nc4ccc(I)cc4s3)CC2)c1. The molecule has 1 aliphatic heterocycles. The van der Waals surface area contributed by atoms with Crippen LogP contribution in [0.15, 0.2) is 42.5 Å². The second-order valence-corrected chi connectivity index (χ2v) is 9.18. The summed E-state index contributed by atoms with van der Waals surface area (Å²) in [5.74, 6) is 0. The van der Waals surface area contributed by atoms with E-state index < -0.39 is 0 Å². The molecule has 1 aliphatic rings. The summed E-state index contributed by atoms with van der Waals surface area (Å²) in [6, 6.07) is 16.0. The molecule has 1 aromatic heterocycles. The zero-order chi connectivity index (χ0) is 17.9. The average Bonchev–Trinajstić information content (AvgIpc) is 3.10. The third-order valence-electron chi connectivity index (χ3n) is 5.10. The van der Waals surface area contributed by atoms with Crippen LogP contribution in [-0.2, 0) is 13.0 Å². The monoisotopic (exact) mass is 477 g/mol. The van der Waals surface area contributed by atoms with E-state index in [0.717, 1.165) is 31.6 Å². The first-order chi connectivity index (χ1) is 12.7. The maximum Gasteiger partial charge on any atom is 0.186 e. The number of aryl methyl sites for hydroxylation is 1. The van der Waals surface area contributed by atoms with E-state index in [1.54, 1.807) is 0 Å². The minimum atomic E-state index is 0.604. The number of rotatable bonds is 5. The van der Waals surface area contributed by atoms with Gasteiger partial charge in [0, 0.05) is 29.2 Å². The maximum absolute atomic E-state index is 4.84. The zero-order valence-electron chi connectivity index (χ0n) is 15.0. The zero-order valence-corrected chi connectivity index (χ0v) is 18.0. The maximum atomic E-state index is 4.84. The van der Waals surface area contributed by atoms with Gasteiger partial charge in [0.15, 0.2) is 5.13 Å². The van der Waals surface area contributed by atoms with Crippen molar-refractivity contribution in [2.24, 2.45) is 0 Å². The molecule has 1 saturated heterocycles. The van der Waals surface area contributed by atoms with Gasteiger partial charge in [-0.25, -0.2) is 4.98 Å². The number of hydrogen-bond acceptors (Lipinski definition) is 4. The molecule has 0 atom stereocenters. The summed E-state index contributed by atoms with van der Waals surface area (Å²) in [5.41, 5.74) is 3.94. The molecule has 2 aromatic carbocycles. The molecule has 0 bridgehead atoms. The summed E-state index contributed by atoms with van der Waals surface area (Å²) in [4.78, 5) is 7.29. The Hall–Kier alpha value is -1.18. The van der Waals surface area contributed by atoms with Crippen molar-refractivity contribution in [3.05, 3.63) is 57.2 Å². The highest BCUT2D eigenvalue weighted by atomic mass is 127. The highest BCUT2D eigenvalue weighted by Crippen LogP contribution is 2.31. The number of piperidine rings is 1. The molecule has 0 radical (unpaired) electrons. The second kappa shape index (κ2) is 8.23. The number of nitrogens with zero attached hydrogens (tertiary/aromatic N) is 2. The lowest BCUT2D eigenvalue weighted by Crippen LogP contribution is -2.42. The predicted octanol–water partition coefficient (Wildman–Crippen LogP) is 5.22. The first-order valence-corrected chi connectivity index (χ1v) is 11.2. The van der Waals surface area contributed by atoms with Gasteiger partial charge < -0.3 is 10.2 Å². The van der Waals surface area contributed by atoms with Gasteiger partial charge in [-0.05, 0) is 71.2 Å². The van der Waals surface area contributed by atoms with Gasteiger partial charge in [-0.1, -0.05) is 42.5 Å². The van der Waals surface area contributed by atoms with Crippen LogP contribution in [0.1, 0.15) is 30.9 Å². The number of hydrogen-bond donors (Lipinski definition) is 1. The Balaban J connectivity index is 1.33. The largest absolute Gasteiger partial charge is 0.348 e. The van der Waals surface area contributed by atoms with Crippen molar-refractivity contribution < 1.29 is 0 Å². The Morgan fingerprint density at radius 1 is 1.15 bits per heavy atom. The number of aromatic nitrogens is 1. The van der Waals surface area contributed by atoms with Gasteiger partial charge in [0.05, 0.1) is 10.2 Å². The van der Waals surface area contributed by atoms with Gasteiger partial charge in [0.1, 0.15) is 0 Å². The van der Waals surface area contributed by atoms with E-state index in [4.69, 9.17) is 4.98 Å². The van der Waals surface area contributed by atoms with E-state index in [9.17, 15) is 0 Å². The van der Waals surface area contributed by atoms with Crippen LogP contribution in [0.3, 0.4) is 0 Å². The van der Waals surface area contributed by atoms with Crippen LogP contribution in [-0.4, -0.2) is 24.1 Å². The molecule has 0 unspecified atom stereocenters. The fourth-order valence-electron chi connectivity index (χ4n) is 3.52. The third-order valence-corrected chi connectivity index (χ3v) is 6.85. The number of benzene rings is 2. The van der Waals surface area contributed by atoms with Gasteiger partial charge in [-0.15, -0.1) is 0 Å². The molecular weight excluding hydrogens is 453 g/mol. The van der Waals surface area contributed by atoms with Crippen LogP contribution in [0, 0.1) is 3.57 Å².